The zero-order valence-electron chi connectivity index (χ0n) is 23.9. The van der Waals surface area contributed by atoms with Crippen molar-refractivity contribution in [1.82, 2.24) is 10.2 Å². The topological polar surface area (TPSA) is 105 Å². The Morgan fingerprint density at radius 1 is 1.12 bits per heavy atom. The number of aryl methyl sites for hydroxylation is 1. The molecule has 1 fully saturated rings. The van der Waals surface area contributed by atoms with Gasteiger partial charge in [0.15, 0.2) is 0 Å². The first-order valence-electron chi connectivity index (χ1n) is 14.3. The molecule has 7 nitrogen and oxygen atoms in total. The number of ether oxygens (including phenoxy) is 1. The van der Waals surface area contributed by atoms with Crippen molar-refractivity contribution in [1.29, 1.82) is 0 Å². The normalized spacial score (nSPS) is 16.6. The standard InChI is InChI=1S/C33H40ClN3O4/c1-3-23-8-4-9-26(20-23)30-28(11-5-12-29(30)34)33(40,17-7-18-36-32(39)41-2)27-10-6-19-37(22-27)31(38)25-15-13-24(21-35)14-16-25/h4-5,8-9,11-16,20,27,40H,3,6-7,10,17-19,21-22,35H2,1-2H3,(H,36,39)/t27-,33+/m1/s1. The number of carbonyl (C=O) groups is 2. The Balaban J connectivity index is 1.70. The maximum absolute atomic E-state index is 13.5. The molecule has 41 heavy (non-hydrogen) atoms. The van der Waals surface area contributed by atoms with Crippen LogP contribution in [0.5, 0.6) is 0 Å². The number of nitrogens with two attached hydrogens (primary N) is 1. The van der Waals surface area contributed by atoms with Crippen LogP contribution < -0.4 is 11.1 Å². The molecule has 1 saturated heterocycles. The minimum absolute atomic E-state index is 0.0602. The molecule has 0 saturated carbocycles. The lowest BCUT2D eigenvalue weighted by Crippen LogP contribution is -2.48. The third kappa shape index (κ3) is 7.10. The van der Waals surface area contributed by atoms with E-state index >= 15 is 0 Å². The number of methoxy groups -OCH3 is 1. The van der Waals surface area contributed by atoms with Crippen LogP contribution in [0.3, 0.4) is 0 Å². The van der Waals surface area contributed by atoms with Gasteiger partial charge in [0, 0.05) is 48.2 Å². The molecule has 0 aliphatic carbocycles. The van der Waals surface area contributed by atoms with Gasteiger partial charge in [-0.25, -0.2) is 4.79 Å². The van der Waals surface area contributed by atoms with E-state index in [1.807, 2.05) is 59.5 Å². The second kappa shape index (κ2) is 14.0. The molecular weight excluding hydrogens is 538 g/mol. The molecule has 3 aromatic rings. The Hall–Kier alpha value is -3.39. The van der Waals surface area contributed by atoms with Crippen LogP contribution in [-0.4, -0.2) is 48.8 Å². The van der Waals surface area contributed by atoms with Gasteiger partial charge < -0.3 is 25.8 Å². The number of hydrogen-bond acceptors (Lipinski definition) is 5. The van der Waals surface area contributed by atoms with E-state index in [0.29, 0.717) is 49.6 Å². The number of nitrogens with one attached hydrogen (secondary N) is 1. The molecule has 0 spiro atoms. The summed E-state index contributed by atoms with van der Waals surface area (Å²) in [4.78, 5) is 27.0. The number of rotatable bonds is 10. The van der Waals surface area contributed by atoms with Gasteiger partial charge in [0.2, 0.25) is 0 Å². The highest BCUT2D eigenvalue weighted by atomic mass is 35.5. The van der Waals surface area contributed by atoms with Crippen molar-refractivity contribution in [2.45, 2.75) is 51.2 Å². The van der Waals surface area contributed by atoms with Gasteiger partial charge >= 0.3 is 6.09 Å². The summed E-state index contributed by atoms with van der Waals surface area (Å²) in [7, 11) is 1.32. The number of piperidine rings is 1. The summed E-state index contributed by atoms with van der Waals surface area (Å²) in [5.74, 6) is -0.303. The molecule has 1 aliphatic rings. The minimum Gasteiger partial charge on any atom is -0.453 e. The van der Waals surface area contributed by atoms with Crippen molar-refractivity contribution in [2.24, 2.45) is 11.7 Å². The largest absolute Gasteiger partial charge is 0.453 e. The predicted octanol–water partition coefficient (Wildman–Crippen LogP) is 5.90. The van der Waals surface area contributed by atoms with Crippen LogP contribution in [-0.2, 0) is 23.3 Å². The minimum atomic E-state index is -1.30. The molecule has 0 unspecified atom stereocenters. The van der Waals surface area contributed by atoms with Crippen molar-refractivity contribution in [3.8, 4) is 11.1 Å². The van der Waals surface area contributed by atoms with Gasteiger partial charge in [0.05, 0.1) is 12.7 Å². The molecule has 2 atom stereocenters. The lowest BCUT2D eigenvalue weighted by Gasteiger charge is -2.44. The molecule has 2 amide bonds. The first-order valence-corrected chi connectivity index (χ1v) is 14.7. The van der Waals surface area contributed by atoms with E-state index in [1.165, 1.54) is 12.7 Å². The molecule has 0 bridgehead atoms. The molecular formula is C33H40ClN3O4. The smallest absolute Gasteiger partial charge is 0.406 e. The zero-order chi connectivity index (χ0) is 29.4. The highest BCUT2D eigenvalue weighted by Crippen LogP contribution is 2.45. The highest BCUT2D eigenvalue weighted by Gasteiger charge is 2.43. The Labute approximate surface area is 247 Å². The summed E-state index contributed by atoms with van der Waals surface area (Å²) >= 11 is 6.85. The SMILES string of the molecule is CCc1cccc(-c2c(Cl)cccc2[C@](O)(CCCNC(=O)OC)[C@@H]2CCCN(C(=O)c3ccc(CN)cc3)C2)c1. The quantitative estimate of drug-likeness (QED) is 0.260. The highest BCUT2D eigenvalue weighted by molar-refractivity contribution is 6.33. The average Bonchev–Trinajstić information content (AvgIpc) is 3.02. The molecule has 4 rings (SSSR count). The number of benzene rings is 3. The first-order chi connectivity index (χ1) is 19.8. The Morgan fingerprint density at radius 3 is 2.59 bits per heavy atom. The van der Waals surface area contributed by atoms with Crippen LogP contribution in [0.15, 0.2) is 66.7 Å². The number of halogens is 1. The Bertz CT molecular complexity index is 1350. The number of likely N-dealkylation sites (tertiary alicyclic amines) is 1. The molecule has 0 radical (unpaired) electrons. The van der Waals surface area contributed by atoms with Crippen LogP contribution in [0.1, 0.15) is 59.7 Å². The van der Waals surface area contributed by atoms with E-state index in [1.54, 1.807) is 0 Å². The number of hydrogen-bond donors (Lipinski definition) is 3. The van der Waals surface area contributed by atoms with E-state index in [2.05, 4.69) is 24.4 Å². The van der Waals surface area contributed by atoms with Gasteiger partial charge in [-0.2, -0.15) is 0 Å². The summed E-state index contributed by atoms with van der Waals surface area (Å²) in [6.45, 7) is 3.89. The summed E-state index contributed by atoms with van der Waals surface area (Å²) in [6, 6.07) is 21.3. The van der Waals surface area contributed by atoms with Crippen LogP contribution >= 0.6 is 11.6 Å². The van der Waals surface area contributed by atoms with E-state index in [9.17, 15) is 14.7 Å². The molecule has 3 aromatic carbocycles. The Morgan fingerprint density at radius 2 is 1.88 bits per heavy atom. The number of alkyl carbamates (subject to hydrolysis) is 1. The maximum Gasteiger partial charge on any atom is 0.406 e. The van der Waals surface area contributed by atoms with Gasteiger partial charge in [-0.05, 0) is 72.6 Å². The van der Waals surface area contributed by atoms with E-state index in [-0.39, 0.29) is 11.8 Å². The third-order valence-electron chi connectivity index (χ3n) is 8.11. The summed E-state index contributed by atoms with van der Waals surface area (Å²) in [5, 5.41) is 16.0. The fourth-order valence-corrected chi connectivity index (χ4v) is 6.11. The molecule has 4 N–H and O–H groups in total. The van der Waals surface area contributed by atoms with Crippen LogP contribution in [0.25, 0.3) is 11.1 Å². The van der Waals surface area contributed by atoms with E-state index < -0.39 is 11.7 Å². The van der Waals surface area contributed by atoms with Crippen LogP contribution in [0.4, 0.5) is 4.79 Å². The summed E-state index contributed by atoms with van der Waals surface area (Å²) in [6.07, 6.45) is 2.76. The number of carbonyl (C=O) groups excluding carboxylic acids is 2. The number of nitrogens with zero attached hydrogens (tertiary/aromatic N) is 1. The van der Waals surface area contributed by atoms with Crippen molar-refractivity contribution < 1.29 is 19.4 Å². The summed E-state index contributed by atoms with van der Waals surface area (Å²) in [5.41, 5.74) is 9.66. The summed E-state index contributed by atoms with van der Waals surface area (Å²) < 4.78 is 4.71. The van der Waals surface area contributed by atoms with Gasteiger partial charge in [0.1, 0.15) is 0 Å². The van der Waals surface area contributed by atoms with E-state index in [4.69, 9.17) is 22.1 Å². The predicted molar refractivity (Wildman–Crippen MR) is 163 cm³/mol. The van der Waals surface area contributed by atoms with Crippen molar-refractivity contribution >= 4 is 23.6 Å². The number of amides is 2. The average molecular weight is 578 g/mol. The zero-order valence-corrected chi connectivity index (χ0v) is 24.6. The van der Waals surface area contributed by atoms with Gasteiger partial charge in [-0.3, -0.25) is 4.79 Å². The monoisotopic (exact) mass is 577 g/mol. The molecule has 1 heterocycles. The van der Waals surface area contributed by atoms with Gasteiger partial charge in [-0.15, -0.1) is 0 Å². The maximum atomic E-state index is 13.5. The third-order valence-corrected chi connectivity index (χ3v) is 8.43. The second-order valence-electron chi connectivity index (χ2n) is 10.7. The fraction of sp³-hybridized carbons (Fsp3) is 0.394. The fourth-order valence-electron chi connectivity index (χ4n) is 5.82. The molecule has 218 valence electrons. The molecule has 0 aromatic heterocycles. The van der Waals surface area contributed by atoms with Crippen molar-refractivity contribution in [3.05, 3.63) is 94.0 Å². The van der Waals surface area contributed by atoms with Crippen LogP contribution in [0, 0.1) is 5.92 Å². The molecule has 8 heteroatoms. The van der Waals surface area contributed by atoms with Crippen molar-refractivity contribution in [3.63, 3.8) is 0 Å². The van der Waals surface area contributed by atoms with Gasteiger partial charge in [-0.1, -0.05) is 67.1 Å². The molecule has 1 aliphatic heterocycles. The second-order valence-corrected chi connectivity index (χ2v) is 11.1. The lowest BCUT2D eigenvalue weighted by atomic mass is 9.72. The first kappa shape index (κ1) is 30.6. The van der Waals surface area contributed by atoms with Crippen molar-refractivity contribution in [2.75, 3.05) is 26.7 Å². The van der Waals surface area contributed by atoms with Gasteiger partial charge in [0.25, 0.3) is 5.91 Å². The Kier molecular flexibility index (Phi) is 10.4. The number of aliphatic hydroxyl groups is 1. The lowest BCUT2D eigenvalue weighted by molar-refractivity contribution is -0.0563. The van der Waals surface area contributed by atoms with Crippen LogP contribution in [0.2, 0.25) is 5.02 Å². The van der Waals surface area contributed by atoms with E-state index in [0.717, 1.165) is 41.5 Å².